The molecule has 0 aliphatic carbocycles. The average molecular weight is 777 g/mol. The molecule has 0 bridgehead atoms. The molecule has 0 amide bonds. The number of fused-ring (bicyclic) bond motifs is 9. The molecule has 5 aromatic carbocycles. The fraction of sp³-hybridized carbons (Fsp3) is 0.319. The van der Waals surface area contributed by atoms with Crippen LogP contribution in [0.2, 0.25) is 0 Å². The molecule has 11 rings (SSSR count). The summed E-state index contributed by atoms with van der Waals surface area (Å²) in [6.45, 7) is 18.9. The van der Waals surface area contributed by atoms with Gasteiger partial charge in [0.1, 0.15) is 39.6 Å². The summed E-state index contributed by atoms with van der Waals surface area (Å²) in [5, 5.41) is 1.26. The van der Waals surface area contributed by atoms with Crippen LogP contribution in [0.1, 0.15) is 62.8 Å². The molecule has 1 aromatic heterocycles. The number of hydrogen-bond donors (Lipinski definition) is 0. The number of hydrogen-bond acceptors (Lipinski definition) is 9. The van der Waals surface area contributed by atoms with Crippen molar-refractivity contribution in [2.45, 2.75) is 59.8 Å². The SMILES string of the molecule is Cc1cc2c(c(C)c1N1c3cc(C(C)C)cc4c3B(c3cc5c(cc3N4c3ccc4c(c3)OCCO4)OCCO5)c3sc4ccc(C(C)(C)C)cc4c31)OCCO2. The molecule has 0 N–H and O–H groups in total. The fourth-order valence-corrected chi connectivity index (χ4v) is 10.7. The van der Waals surface area contributed by atoms with E-state index in [1.807, 2.05) is 17.4 Å². The Labute approximate surface area is 337 Å². The van der Waals surface area contributed by atoms with E-state index in [0.29, 0.717) is 39.6 Å². The van der Waals surface area contributed by atoms with Crippen molar-refractivity contribution in [3.8, 4) is 34.5 Å². The Hall–Kier alpha value is -5.48. The Balaban J connectivity index is 1.28. The minimum absolute atomic E-state index is 0.0286. The van der Waals surface area contributed by atoms with Gasteiger partial charge in [0.2, 0.25) is 0 Å². The minimum Gasteiger partial charge on any atom is -0.486 e. The molecule has 0 fully saturated rings. The summed E-state index contributed by atoms with van der Waals surface area (Å²) in [5.41, 5.74) is 13.9. The van der Waals surface area contributed by atoms with Crippen LogP contribution < -0.4 is 53.9 Å². The Morgan fingerprint density at radius 3 is 2.00 bits per heavy atom. The maximum absolute atomic E-state index is 6.40. The molecule has 6 aromatic rings. The van der Waals surface area contributed by atoms with E-state index in [9.17, 15) is 0 Å². The number of ether oxygens (including phenoxy) is 6. The lowest BCUT2D eigenvalue weighted by Gasteiger charge is -2.44. The van der Waals surface area contributed by atoms with Crippen molar-refractivity contribution in [2.24, 2.45) is 0 Å². The Kier molecular flexibility index (Phi) is 7.63. The average Bonchev–Trinajstić information content (AvgIpc) is 3.59. The summed E-state index contributed by atoms with van der Waals surface area (Å²) in [4.78, 5) is 4.97. The third-order valence-electron chi connectivity index (χ3n) is 12.1. The fourth-order valence-electron chi connectivity index (χ4n) is 9.36. The van der Waals surface area contributed by atoms with Crippen LogP contribution in [0.4, 0.5) is 34.1 Å². The molecule has 10 heteroatoms. The van der Waals surface area contributed by atoms with Crippen LogP contribution in [0.5, 0.6) is 34.5 Å². The number of anilines is 6. The van der Waals surface area contributed by atoms with Gasteiger partial charge >= 0.3 is 0 Å². The van der Waals surface area contributed by atoms with E-state index in [2.05, 4.69) is 119 Å². The van der Waals surface area contributed by atoms with Crippen LogP contribution >= 0.6 is 11.3 Å². The second-order valence-electron chi connectivity index (χ2n) is 17.1. The van der Waals surface area contributed by atoms with Crippen LogP contribution in [0.3, 0.4) is 0 Å². The molecule has 0 saturated heterocycles. The first kappa shape index (κ1) is 34.7. The monoisotopic (exact) mass is 776 g/mol. The first-order valence-corrected chi connectivity index (χ1v) is 20.9. The molecule has 0 unspecified atom stereocenters. The molecule has 0 saturated carbocycles. The smallest absolute Gasteiger partial charge is 0.264 e. The van der Waals surface area contributed by atoms with Crippen molar-refractivity contribution in [1.29, 1.82) is 0 Å². The Bertz CT molecular complexity index is 2680. The lowest BCUT2D eigenvalue weighted by atomic mass is 9.36. The summed E-state index contributed by atoms with van der Waals surface area (Å²) in [7, 11) is 0. The number of nitrogens with zero attached hydrogens (tertiary/aromatic N) is 2. The molecule has 6 heterocycles. The number of thiophene rings is 1. The predicted octanol–water partition coefficient (Wildman–Crippen LogP) is 9.34. The van der Waals surface area contributed by atoms with Gasteiger partial charge < -0.3 is 38.2 Å². The maximum Gasteiger partial charge on any atom is 0.264 e. The highest BCUT2D eigenvalue weighted by Gasteiger charge is 2.47. The van der Waals surface area contributed by atoms with Crippen molar-refractivity contribution in [3.63, 3.8) is 0 Å². The minimum atomic E-state index is -0.0740. The van der Waals surface area contributed by atoms with Crippen molar-refractivity contribution in [3.05, 3.63) is 89.0 Å². The van der Waals surface area contributed by atoms with E-state index in [0.717, 1.165) is 68.4 Å². The largest absolute Gasteiger partial charge is 0.486 e. The highest BCUT2D eigenvalue weighted by molar-refractivity contribution is 7.33. The highest BCUT2D eigenvalue weighted by Crippen LogP contribution is 2.54. The highest BCUT2D eigenvalue weighted by atomic mass is 32.1. The first-order valence-electron chi connectivity index (χ1n) is 20.1. The zero-order chi connectivity index (χ0) is 38.9. The van der Waals surface area contributed by atoms with E-state index >= 15 is 0 Å². The summed E-state index contributed by atoms with van der Waals surface area (Å²) in [6, 6.07) is 24.8. The van der Waals surface area contributed by atoms with Crippen LogP contribution in [0.15, 0.2) is 66.7 Å². The van der Waals surface area contributed by atoms with Gasteiger partial charge in [-0.25, -0.2) is 0 Å². The van der Waals surface area contributed by atoms with Crippen molar-refractivity contribution >= 4 is 78.0 Å². The van der Waals surface area contributed by atoms with Gasteiger partial charge in [0.15, 0.2) is 34.5 Å². The number of aryl methyl sites for hydroxylation is 1. The molecule has 57 heavy (non-hydrogen) atoms. The van der Waals surface area contributed by atoms with Gasteiger partial charge in [-0.1, -0.05) is 40.7 Å². The lowest BCUT2D eigenvalue weighted by Crippen LogP contribution is -2.60. The third-order valence-corrected chi connectivity index (χ3v) is 13.3. The summed E-state index contributed by atoms with van der Waals surface area (Å²) in [6.07, 6.45) is 0. The van der Waals surface area contributed by atoms with E-state index in [-0.39, 0.29) is 18.0 Å². The van der Waals surface area contributed by atoms with E-state index in [4.69, 9.17) is 28.4 Å². The maximum atomic E-state index is 6.40. The van der Waals surface area contributed by atoms with Gasteiger partial charge in [0, 0.05) is 49.6 Å². The van der Waals surface area contributed by atoms with Gasteiger partial charge in [-0.15, -0.1) is 11.3 Å². The van der Waals surface area contributed by atoms with Crippen LogP contribution in [0, 0.1) is 13.8 Å². The van der Waals surface area contributed by atoms with Gasteiger partial charge in [0.25, 0.3) is 6.71 Å². The van der Waals surface area contributed by atoms with Crippen molar-refractivity contribution in [2.75, 3.05) is 49.4 Å². The third kappa shape index (κ3) is 5.18. The zero-order valence-corrected chi connectivity index (χ0v) is 34.3. The Morgan fingerprint density at radius 1 is 0.632 bits per heavy atom. The van der Waals surface area contributed by atoms with E-state index in [1.165, 1.54) is 48.3 Å². The molecule has 0 radical (unpaired) electrons. The molecule has 5 aliphatic heterocycles. The topological polar surface area (TPSA) is 61.9 Å². The van der Waals surface area contributed by atoms with Crippen LogP contribution in [0.25, 0.3) is 10.1 Å². The lowest BCUT2D eigenvalue weighted by molar-refractivity contribution is 0.170. The van der Waals surface area contributed by atoms with Crippen LogP contribution in [-0.4, -0.2) is 46.4 Å². The van der Waals surface area contributed by atoms with Crippen molar-refractivity contribution < 1.29 is 28.4 Å². The molecule has 0 spiro atoms. The van der Waals surface area contributed by atoms with E-state index in [1.54, 1.807) is 0 Å². The number of benzene rings is 5. The molecule has 288 valence electrons. The van der Waals surface area contributed by atoms with E-state index < -0.39 is 0 Å². The first-order chi connectivity index (χ1) is 27.5. The summed E-state index contributed by atoms with van der Waals surface area (Å²) >= 11 is 1.90. The molecular weight excluding hydrogens is 731 g/mol. The normalized spacial score (nSPS) is 16.1. The molecule has 5 aliphatic rings. The standard InChI is InChI=1S/C47H45BN2O6S/c1-25(2)28-19-34-42-35(20-28)50(43-26(3)18-40-45(27(43)4)56-17-16-55-40)44-31-21-29(47(5,6)7)8-11-41(31)57-46(44)48(42)32-23-38-39(54-15-14-53-38)24-33(32)49(34)30-9-10-36-37(22-30)52-13-12-51-36/h8-11,18-25H,12-17H2,1-7H3. The quantitative estimate of drug-likeness (QED) is 0.165. The van der Waals surface area contributed by atoms with Gasteiger partial charge in [-0.3, -0.25) is 0 Å². The summed E-state index contributed by atoms with van der Waals surface area (Å²) in [5.74, 6) is 4.94. The molecule has 8 nitrogen and oxygen atoms in total. The Morgan fingerprint density at radius 2 is 1.28 bits per heavy atom. The van der Waals surface area contributed by atoms with Gasteiger partial charge in [-0.05, 0) is 101 Å². The van der Waals surface area contributed by atoms with Crippen LogP contribution in [-0.2, 0) is 5.41 Å². The summed E-state index contributed by atoms with van der Waals surface area (Å²) < 4.78 is 40.0. The van der Waals surface area contributed by atoms with Gasteiger partial charge in [0.05, 0.1) is 17.1 Å². The zero-order valence-electron chi connectivity index (χ0n) is 33.5. The molecule has 0 atom stereocenters. The predicted molar refractivity (Wildman–Crippen MR) is 231 cm³/mol. The van der Waals surface area contributed by atoms with Gasteiger partial charge in [-0.2, -0.15) is 0 Å². The van der Waals surface area contributed by atoms with Crippen molar-refractivity contribution in [1.82, 2.24) is 0 Å². The number of rotatable bonds is 3. The second-order valence-corrected chi connectivity index (χ2v) is 18.2. The molecular formula is C47H45BN2O6S. The second kappa shape index (κ2) is 12.5.